The summed E-state index contributed by atoms with van der Waals surface area (Å²) in [5, 5.41) is 0. The van der Waals surface area contributed by atoms with E-state index in [2.05, 4.69) is 69.2 Å². The smallest absolute Gasteiger partial charge is 0.129 e. The highest BCUT2D eigenvalue weighted by molar-refractivity contribution is 6.83. The highest BCUT2D eigenvalue weighted by Crippen LogP contribution is 2.12. The fourth-order valence-corrected chi connectivity index (χ4v) is 3.40. The van der Waals surface area contributed by atoms with Crippen LogP contribution in [0.5, 0.6) is 0 Å². The molecule has 0 bridgehead atoms. The van der Waals surface area contributed by atoms with E-state index >= 15 is 0 Å². The van der Waals surface area contributed by atoms with Gasteiger partial charge in [0, 0.05) is 12.2 Å². The van der Waals surface area contributed by atoms with Crippen LogP contribution in [0.3, 0.4) is 0 Å². The molecule has 0 saturated heterocycles. The van der Waals surface area contributed by atoms with Gasteiger partial charge in [0.25, 0.3) is 0 Å². The minimum atomic E-state index is -1.28. The molecule has 1 rings (SSSR count). The Balaban J connectivity index is 1.97. The van der Waals surface area contributed by atoms with Crippen molar-refractivity contribution in [1.29, 1.82) is 0 Å². The minimum Gasteiger partial charge on any atom is -0.379 e. The lowest BCUT2D eigenvalue weighted by molar-refractivity contribution is 0.0186. The number of benzene rings is 1. The minimum absolute atomic E-state index is 0.303. The monoisotopic (exact) mass is 402 g/mol. The zero-order chi connectivity index (χ0) is 20.7. The average molecular weight is 403 g/mol. The summed E-state index contributed by atoms with van der Waals surface area (Å²) in [5.74, 6) is 3.33. The maximum atomic E-state index is 5.59. The topological polar surface area (TPSA) is 18.5 Å². The van der Waals surface area contributed by atoms with Crippen molar-refractivity contribution in [2.45, 2.75) is 91.0 Å². The van der Waals surface area contributed by atoms with E-state index in [1.807, 2.05) is 0 Å². The van der Waals surface area contributed by atoms with Crippen LogP contribution in [0.25, 0.3) is 0 Å². The van der Waals surface area contributed by atoms with Crippen LogP contribution in [-0.2, 0) is 15.9 Å². The number of hydrogen-bond donors (Lipinski definition) is 0. The number of rotatable bonds is 14. The van der Waals surface area contributed by atoms with Crippen LogP contribution in [0.2, 0.25) is 19.6 Å². The van der Waals surface area contributed by atoms with Crippen LogP contribution in [0, 0.1) is 11.5 Å². The summed E-state index contributed by atoms with van der Waals surface area (Å²) >= 11 is 0. The summed E-state index contributed by atoms with van der Waals surface area (Å²) in [7, 11) is -1.28. The predicted octanol–water partition coefficient (Wildman–Crippen LogP) is 6.63. The van der Waals surface area contributed by atoms with Gasteiger partial charge in [0.15, 0.2) is 0 Å². The molecule has 0 aromatic heterocycles. The Kier molecular flexibility index (Phi) is 13.2. The molecular formula is C25H42O2Si. The van der Waals surface area contributed by atoms with Gasteiger partial charge in [0.05, 0.1) is 19.3 Å². The molecule has 0 aliphatic carbocycles. The van der Waals surface area contributed by atoms with Crippen LogP contribution in [0.15, 0.2) is 24.3 Å². The van der Waals surface area contributed by atoms with E-state index in [0.717, 1.165) is 18.8 Å². The molecule has 158 valence electrons. The highest BCUT2D eigenvalue weighted by Gasteiger charge is 2.07. The van der Waals surface area contributed by atoms with E-state index < -0.39 is 8.07 Å². The number of aryl methyl sites for hydroxylation is 1. The zero-order valence-electron chi connectivity index (χ0n) is 19.0. The third-order valence-corrected chi connectivity index (χ3v) is 5.34. The van der Waals surface area contributed by atoms with E-state index in [4.69, 9.17) is 9.47 Å². The maximum Gasteiger partial charge on any atom is 0.129 e. The normalized spacial score (nSPS) is 11.5. The molecule has 0 unspecified atom stereocenters. The maximum absolute atomic E-state index is 5.59. The molecule has 1 aromatic rings. The second-order valence-electron chi connectivity index (χ2n) is 8.95. The molecule has 0 radical (unpaired) electrons. The van der Waals surface area contributed by atoms with Crippen molar-refractivity contribution in [3.63, 3.8) is 0 Å². The van der Waals surface area contributed by atoms with E-state index in [9.17, 15) is 0 Å². The molecule has 0 spiro atoms. The SMILES string of the molecule is CC(C)OCCOCCCCCCCCCc1ccc(C#C[Si](C)(C)C)cc1. The van der Waals surface area contributed by atoms with Gasteiger partial charge in [-0.25, -0.2) is 0 Å². The van der Waals surface area contributed by atoms with Crippen molar-refractivity contribution in [2.75, 3.05) is 19.8 Å². The zero-order valence-corrected chi connectivity index (χ0v) is 20.0. The first kappa shape index (κ1) is 25.0. The van der Waals surface area contributed by atoms with Crippen LogP contribution >= 0.6 is 0 Å². The van der Waals surface area contributed by atoms with Gasteiger partial charge in [-0.1, -0.05) is 69.8 Å². The molecule has 3 heteroatoms. The summed E-state index contributed by atoms with van der Waals surface area (Å²) in [6.45, 7) is 13.3. The summed E-state index contributed by atoms with van der Waals surface area (Å²) in [6, 6.07) is 8.86. The lowest BCUT2D eigenvalue weighted by atomic mass is 10.0. The van der Waals surface area contributed by atoms with E-state index in [-0.39, 0.29) is 0 Å². The Morgan fingerprint density at radius 3 is 2.00 bits per heavy atom. The third kappa shape index (κ3) is 14.9. The number of ether oxygens (including phenoxy) is 2. The van der Waals surface area contributed by atoms with Gasteiger partial charge in [-0.2, -0.15) is 0 Å². The molecule has 0 saturated carbocycles. The van der Waals surface area contributed by atoms with E-state index in [1.54, 1.807) is 0 Å². The standard InChI is InChI=1S/C25H42O2Si/c1-23(2)27-21-20-26-19-12-10-8-6-7-9-11-13-24-14-16-25(17-15-24)18-22-28(3,4)5/h14-17,23H,6-13,19-21H2,1-5H3. The van der Waals surface area contributed by atoms with Crippen molar-refractivity contribution >= 4 is 8.07 Å². The molecule has 2 nitrogen and oxygen atoms in total. The third-order valence-electron chi connectivity index (χ3n) is 4.47. The summed E-state index contributed by atoms with van der Waals surface area (Å²) in [4.78, 5) is 0. The molecule has 0 fully saturated rings. The van der Waals surface area contributed by atoms with Gasteiger partial charge >= 0.3 is 0 Å². The molecular weight excluding hydrogens is 360 g/mol. The van der Waals surface area contributed by atoms with Crippen molar-refractivity contribution in [1.82, 2.24) is 0 Å². The largest absolute Gasteiger partial charge is 0.379 e. The van der Waals surface area contributed by atoms with Crippen LogP contribution < -0.4 is 0 Å². The van der Waals surface area contributed by atoms with Crippen molar-refractivity contribution in [3.8, 4) is 11.5 Å². The van der Waals surface area contributed by atoms with Crippen LogP contribution in [0.1, 0.15) is 69.9 Å². The van der Waals surface area contributed by atoms with Crippen molar-refractivity contribution in [3.05, 3.63) is 35.4 Å². The molecule has 0 N–H and O–H groups in total. The molecule has 1 aromatic carbocycles. The molecule has 0 atom stereocenters. The lowest BCUT2D eigenvalue weighted by Crippen LogP contribution is -2.16. The van der Waals surface area contributed by atoms with E-state index in [0.29, 0.717) is 12.7 Å². The first-order valence-electron chi connectivity index (χ1n) is 11.2. The Bertz CT molecular complexity index is 561. The fourth-order valence-electron chi connectivity index (χ4n) is 2.88. The summed E-state index contributed by atoms with van der Waals surface area (Å²) in [5.41, 5.74) is 6.03. The van der Waals surface area contributed by atoms with Gasteiger partial charge in [-0.15, -0.1) is 5.54 Å². The van der Waals surface area contributed by atoms with Gasteiger partial charge in [0.1, 0.15) is 8.07 Å². The molecule has 28 heavy (non-hydrogen) atoms. The summed E-state index contributed by atoms with van der Waals surface area (Å²) < 4.78 is 11.0. The Morgan fingerprint density at radius 2 is 1.39 bits per heavy atom. The average Bonchev–Trinajstić information content (AvgIpc) is 2.64. The molecule has 0 heterocycles. The Labute approximate surface area is 175 Å². The van der Waals surface area contributed by atoms with Gasteiger partial charge in [-0.05, 0) is 50.8 Å². The first-order valence-corrected chi connectivity index (χ1v) is 14.7. The fraction of sp³-hybridized carbons (Fsp3) is 0.680. The van der Waals surface area contributed by atoms with Gasteiger partial charge in [-0.3, -0.25) is 0 Å². The number of unbranched alkanes of at least 4 members (excludes halogenated alkanes) is 6. The first-order chi connectivity index (χ1) is 13.4. The van der Waals surface area contributed by atoms with Gasteiger partial charge < -0.3 is 9.47 Å². The second kappa shape index (κ2) is 14.9. The van der Waals surface area contributed by atoms with Crippen molar-refractivity contribution < 1.29 is 9.47 Å². The molecule has 0 aliphatic heterocycles. The number of hydrogen-bond acceptors (Lipinski definition) is 2. The highest BCUT2D eigenvalue weighted by atomic mass is 28.3. The quantitative estimate of drug-likeness (QED) is 0.197. The Hall–Kier alpha value is -1.08. The molecule has 0 amide bonds. The second-order valence-corrected chi connectivity index (χ2v) is 13.7. The molecule has 0 aliphatic rings. The Morgan fingerprint density at radius 1 is 0.786 bits per heavy atom. The summed E-state index contributed by atoms with van der Waals surface area (Å²) in [6.07, 6.45) is 10.6. The van der Waals surface area contributed by atoms with Crippen LogP contribution in [0.4, 0.5) is 0 Å². The van der Waals surface area contributed by atoms with Crippen LogP contribution in [-0.4, -0.2) is 34.0 Å². The lowest BCUT2D eigenvalue weighted by Gasteiger charge is -2.08. The van der Waals surface area contributed by atoms with E-state index in [1.165, 1.54) is 56.9 Å². The van der Waals surface area contributed by atoms with Gasteiger partial charge in [0.2, 0.25) is 0 Å². The predicted molar refractivity (Wildman–Crippen MR) is 125 cm³/mol. The van der Waals surface area contributed by atoms with Crippen molar-refractivity contribution in [2.24, 2.45) is 0 Å².